The number of carbonyl (C=O) groups excluding carboxylic acids is 1. The molecule has 5 heterocycles. The first-order valence-corrected chi connectivity index (χ1v) is 14.0. The van der Waals surface area contributed by atoms with Crippen molar-refractivity contribution >= 4 is 23.2 Å². The van der Waals surface area contributed by atoms with Crippen LogP contribution in [0.5, 0.6) is 0 Å². The Labute approximate surface area is 247 Å². The number of rotatable bonds is 4. The Bertz CT molecular complexity index is 1980. The van der Waals surface area contributed by atoms with E-state index < -0.39 is 11.9 Å². The molecular weight excluding hydrogens is 583 g/mol. The van der Waals surface area contributed by atoms with Crippen molar-refractivity contribution in [2.24, 2.45) is 0 Å². The van der Waals surface area contributed by atoms with Gasteiger partial charge in [0.15, 0.2) is 5.69 Å². The van der Waals surface area contributed by atoms with Crippen molar-refractivity contribution in [3.8, 4) is 28.1 Å². The molecule has 0 unspecified atom stereocenters. The van der Waals surface area contributed by atoms with E-state index in [1.807, 2.05) is 31.2 Å². The van der Waals surface area contributed by atoms with Gasteiger partial charge in [0.1, 0.15) is 5.82 Å². The fourth-order valence-electron chi connectivity index (χ4n) is 5.92. The first kappa shape index (κ1) is 27.1. The molecule has 3 aromatic heterocycles. The van der Waals surface area contributed by atoms with E-state index >= 15 is 0 Å². The minimum atomic E-state index is -4.65. The van der Waals surface area contributed by atoms with Crippen molar-refractivity contribution in [1.82, 2.24) is 29.5 Å². The Morgan fingerprint density at radius 2 is 1.86 bits per heavy atom. The molecule has 0 radical (unpaired) electrons. The molecule has 9 nitrogen and oxygen atoms in total. The van der Waals surface area contributed by atoms with E-state index in [9.17, 15) is 22.8 Å². The normalized spacial score (nSPS) is 17.9. The van der Waals surface area contributed by atoms with Crippen LogP contribution in [0.4, 0.5) is 18.9 Å². The number of halogens is 4. The van der Waals surface area contributed by atoms with Crippen molar-refractivity contribution in [3.63, 3.8) is 0 Å². The van der Waals surface area contributed by atoms with Gasteiger partial charge < -0.3 is 14.9 Å². The van der Waals surface area contributed by atoms with Crippen molar-refractivity contribution in [3.05, 3.63) is 99.1 Å². The van der Waals surface area contributed by atoms with Crippen LogP contribution in [-0.2, 0) is 17.4 Å². The van der Waals surface area contributed by atoms with Gasteiger partial charge in [0.2, 0.25) is 5.91 Å². The molecule has 0 bridgehead atoms. The van der Waals surface area contributed by atoms with E-state index in [0.717, 1.165) is 39.1 Å². The number of aryl methyl sites for hydroxylation is 1. The molecule has 0 aliphatic carbocycles. The third-order valence-electron chi connectivity index (χ3n) is 8.01. The number of imidazole rings is 1. The predicted octanol–water partition coefficient (Wildman–Crippen LogP) is 6.14. The number of aromatic nitrogens is 6. The van der Waals surface area contributed by atoms with Gasteiger partial charge in [-0.25, -0.2) is 9.67 Å². The summed E-state index contributed by atoms with van der Waals surface area (Å²) >= 11 is 6.28. The smallest absolute Gasteiger partial charge is 0.340 e. The van der Waals surface area contributed by atoms with Gasteiger partial charge in [0, 0.05) is 34.5 Å². The highest BCUT2D eigenvalue weighted by Crippen LogP contribution is 2.40. The molecule has 0 saturated carbocycles. The molecule has 13 heteroatoms. The molecule has 1 amide bonds. The molecule has 2 aromatic carbocycles. The summed E-state index contributed by atoms with van der Waals surface area (Å²) in [5.74, 6) is 0.642. The molecule has 2 aliphatic heterocycles. The molecule has 0 fully saturated rings. The number of pyridine rings is 1. The molecule has 2 N–H and O–H groups in total. The maximum absolute atomic E-state index is 13.6. The predicted molar refractivity (Wildman–Crippen MR) is 153 cm³/mol. The standard InChI is InChI=1S/C30H23ClF3N7O2/c1-15-8-25(29-35-13-22(37-29)17-2-5-21-16(9-17)3-7-27(42)36-21)41-24(15)10-18(11-28(41)43)20-12-19(31)4-6-23(20)40-14-26(38-39-40)30(32,33)34/h2,4-6,9-15,25H,3,7-8H2,1H3,(H,35,37)(H,36,42)/t15-,25+/m1/s1. The molecule has 2 aliphatic rings. The topological polar surface area (TPSA) is 110 Å². The van der Waals surface area contributed by atoms with Crippen LogP contribution in [0.15, 0.2) is 65.7 Å². The summed E-state index contributed by atoms with van der Waals surface area (Å²) in [6.45, 7) is 2.02. The second-order valence-corrected chi connectivity index (χ2v) is 11.3. The van der Waals surface area contributed by atoms with Gasteiger partial charge >= 0.3 is 6.18 Å². The molecule has 43 heavy (non-hydrogen) atoms. The highest BCUT2D eigenvalue weighted by Gasteiger charge is 2.35. The number of carbonyl (C=O) groups is 1. The largest absolute Gasteiger partial charge is 0.436 e. The first-order chi connectivity index (χ1) is 20.5. The number of benzene rings is 2. The summed E-state index contributed by atoms with van der Waals surface area (Å²) in [5.41, 5.74) is 4.23. The minimum Gasteiger partial charge on any atom is -0.340 e. The van der Waals surface area contributed by atoms with Crippen LogP contribution in [0.25, 0.3) is 28.1 Å². The minimum absolute atomic E-state index is 0.00673. The third-order valence-corrected chi connectivity index (χ3v) is 8.25. The van der Waals surface area contributed by atoms with Crippen molar-refractivity contribution in [2.75, 3.05) is 5.32 Å². The Hall–Kier alpha value is -4.71. The number of alkyl halides is 3. The molecule has 2 atom stereocenters. The van der Waals surface area contributed by atoms with Crippen LogP contribution in [0.1, 0.15) is 54.5 Å². The van der Waals surface area contributed by atoms with Gasteiger partial charge in [-0.05, 0) is 71.8 Å². The van der Waals surface area contributed by atoms with Crippen molar-refractivity contribution in [1.29, 1.82) is 0 Å². The summed E-state index contributed by atoms with van der Waals surface area (Å²) < 4.78 is 42.3. The molecular formula is C30H23ClF3N7O2. The Kier molecular flexibility index (Phi) is 6.27. The van der Waals surface area contributed by atoms with E-state index in [1.54, 1.807) is 29.0 Å². The summed E-state index contributed by atoms with van der Waals surface area (Å²) in [5, 5.41) is 10.2. The first-order valence-electron chi connectivity index (χ1n) is 13.6. The average Bonchev–Trinajstić information content (AvgIpc) is 3.72. The van der Waals surface area contributed by atoms with E-state index in [-0.39, 0.29) is 23.4 Å². The number of H-pyrrole nitrogens is 1. The fourth-order valence-corrected chi connectivity index (χ4v) is 6.09. The Morgan fingerprint density at radius 1 is 1.02 bits per heavy atom. The quantitative estimate of drug-likeness (QED) is 0.256. The second kappa shape index (κ2) is 9.94. The van der Waals surface area contributed by atoms with Gasteiger partial charge in [-0.1, -0.05) is 29.8 Å². The van der Waals surface area contributed by atoms with Crippen LogP contribution in [-0.4, -0.2) is 35.4 Å². The summed E-state index contributed by atoms with van der Waals surface area (Å²) in [7, 11) is 0. The summed E-state index contributed by atoms with van der Waals surface area (Å²) in [6.07, 6.45) is -0.371. The van der Waals surface area contributed by atoms with Crippen LogP contribution >= 0.6 is 11.6 Å². The molecule has 218 valence electrons. The van der Waals surface area contributed by atoms with E-state index in [1.165, 1.54) is 6.07 Å². The van der Waals surface area contributed by atoms with Gasteiger partial charge in [-0.15, -0.1) is 5.10 Å². The van der Waals surface area contributed by atoms with Crippen LogP contribution < -0.4 is 10.9 Å². The molecule has 0 saturated heterocycles. The number of amides is 1. The Balaban J connectivity index is 1.24. The number of hydrogen-bond acceptors (Lipinski definition) is 5. The van der Waals surface area contributed by atoms with E-state index in [0.29, 0.717) is 46.9 Å². The lowest BCUT2D eigenvalue weighted by Crippen LogP contribution is -2.24. The summed E-state index contributed by atoms with van der Waals surface area (Å²) in [6, 6.07) is 13.5. The van der Waals surface area contributed by atoms with Crippen LogP contribution in [0.2, 0.25) is 5.02 Å². The fraction of sp³-hybridized carbons (Fsp3) is 0.233. The SMILES string of the molecule is C[C@@H]1C[C@@H](c2ncc(-c3ccc4c(c3)CCC(=O)N4)[nH]2)n2c1cc(-c1cc(Cl)ccc1-n1cc(C(F)(F)F)nn1)cc2=O. The average molecular weight is 606 g/mol. The lowest BCUT2D eigenvalue weighted by Gasteiger charge is -2.17. The van der Waals surface area contributed by atoms with Crippen LogP contribution in [0.3, 0.4) is 0 Å². The molecule has 0 spiro atoms. The maximum atomic E-state index is 13.6. The molecule has 7 rings (SSSR count). The van der Waals surface area contributed by atoms with Gasteiger partial charge in [-0.2, -0.15) is 13.2 Å². The Morgan fingerprint density at radius 3 is 2.65 bits per heavy atom. The number of aromatic amines is 1. The zero-order valence-electron chi connectivity index (χ0n) is 22.6. The van der Waals surface area contributed by atoms with E-state index in [2.05, 4.69) is 25.6 Å². The van der Waals surface area contributed by atoms with Crippen molar-refractivity contribution in [2.45, 2.75) is 44.3 Å². The van der Waals surface area contributed by atoms with Crippen molar-refractivity contribution < 1.29 is 18.0 Å². The zero-order chi connectivity index (χ0) is 30.0. The van der Waals surface area contributed by atoms with Gasteiger partial charge in [0.05, 0.1) is 29.8 Å². The van der Waals surface area contributed by atoms with Gasteiger partial charge in [-0.3, -0.25) is 9.59 Å². The number of anilines is 1. The third kappa shape index (κ3) is 4.81. The number of nitrogens with one attached hydrogen (secondary N) is 2. The second-order valence-electron chi connectivity index (χ2n) is 10.8. The monoisotopic (exact) mass is 605 g/mol. The summed E-state index contributed by atoms with van der Waals surface area (Å²) in [4.78, 5) is 33.4. The number of fused-ring (bicyclic) bond motifs is 2. The highest BCUT2D eigenvalue weighted by atomic mass is 35.5. The van der Waals surface area contributed by atoms with Gasteiger partial charge in [0.25, 0.3) is 5.56 Å². The zero-order valence-corrected chi connectivity index (χ0v) is 23.4. The highest BCUT2D eigenvalue weighted by molar-refractivity contribution is 6.31. The number of nitrogens with zero attached hydrogens (tertiary/aromatic N) is 5. The van der Waals surface area contributed by atoms with Crippen LogP contribution in [0, 0.1) is 0 Å². The maximum Gasteiger partial charge on any atom is 0.436 e. The lowest BCUT2D eigenvalue weighted by molar-refractivity contribution is -0.141. The molecule has 5 aromatic rings. The lowest BCUT2D eigenvalue weighted by atomic mass is 9.99. The van der Waals surface area contributed by atoms with E-state index in [4.69, 9.17) is 11.6 Å². The number of hydrogen-bond donors (Lipinski definition) is 2.